The average Bonchev–Trinajstić information content (AvgIpc) is 3.40. The second kappa shape index (κ2) is 8.44. The van der Waals surface area contributed by atoms with Crippen LogP contribution in [-0.2, 0) is 11.8 Å². The number of thioether (sulfide) groups is 1. The van der Waals surface area contributed by atoms with Crippen LogP contribution in [0.2, 0.25) is 0 Å². The van der Waals surface area contributed by atoms with Crippen molar-refractivity contribution in [2.45, 2.75) is 19.0 Å². The van der Waals surface area contributed by atoms with Crippen molar-refractivity contribution in [3.05, 3.63) is 45.6 Å². The first-order valence-electron chi connectivity index (χ1n) is 8.79. The number of carbonyl (C=O) groups excluding carboxylic acids is 1. The molecule has 3 heterocycles. The fourth-order valence-electron chi connectivity index (χ4n) is 2.89. The first kappa shape index (κ1) is 19.7. The van der Waals surface area contributed by atoms with Crippen molar-refractivity contribution in [2.24, 2.45) is 7.05 Å². The van der Waals surface area contributed by atoms with Gasteiger partial charge in [0.1, 0.15) is 5.01 Å². The molecule has 0 saturated heterocycles. The van der Waals surface area contributed by atoms with E-state index in [0.29, 0.717) is 10.3 Å². The highest BCUT2D eigenvalue weighted by molar-refractivity contribution is 7.99. The molecule has 0 spiro atoms. The summed E-state index contributed by atoms with van der Waals surface area (Å²) in [4.78, 5) is 13.4. The molecule has 4 aromatic rings. The van der Waals surface area contributed by atoms with E-state index in [1.54, 1.807) is 11.3 Å². The fourth-order valence-corrected chi connectivity index (χ4v) is 5.07. The molecule has 0 saturated carbocycles. The van der Waals surface area contributed by atoms with Crippen molar-refractivity contribution < 1.29 is 4.79 Å². The van der Waals surface area contributed by atoms with Crippen LogP contribution in [0.15, 0.2) is 40.9 Å². The standard InChI is InChI=1S/C19H18N6OS3/c1-11-16(13-7-5-4-6-8-13)14(9-27-11)17-22-24-19(25(17)3)28-10-15(26)20-18-23-21-12(2)29-18/h4-9H,10H2,1-3H3,(H,20,23,26). The summed E-state index contributed by atoms with van der Waals surface area (Å²) >= 11 is 4.39. The summed E-state index contributed by atoms with van der Waals surface area (Å²) < 4.78 is 1.93. The van der Waals surface area contributed by atoms with E-state index in [9.17, 15) is 4.79 Å². The van der Waals surface area contributed by atoms with Crippen molar-refractivity contribution in [3.63, 3.8) is 0 Å². The number of benzene rings is 1. The lowest BCUT2D eigenvalue weighted by Crippen LogP contribution is -2.14. The number of aromatic nitrogens is 5. The van der Waals surface area contributed by atoms with Crippen molar-refractivity contribution in [1.29, 1.82) is 0 Å². The predicted molar refractivity (Wildman–Crippen MR) is 118 cm³/mol. The summed E-state index contributed by atoms with van der Waals surface area (Å²) in [6.07, 6.45) is 0. The molecule has 3 aromatic heterocycles. The number of carbonyl (C=O) groups is 1. The van der Waals surface area contributed by atoms with Gasteiger partial charge in [0.25, 0.3) is 0 Å². The lowest BCUT2D eigenvalue weighted by Gasteiger charge is -2.07. The molecule has 0 unspecified atom stereocenters. The Kier molecular flexibility index (Phi) is 5.74. The topological polar surface area (TPSA) is 85.6 Å². The van der Waals surface area contributed by atoms with Gasteiger partial charge in [-0.1, -0.05) is 53.4 Å². The Morgan fingerprint density at radius 1 is 1.14 bits per heavy atom. The van der Waals surface area contributed by atoms with Crippen molar-refractivity contribution in [1.82, 2.24) is 25.0 Å². The first-order valence-corrected chi connectivity index (χ1v) is 11.5. The molecule has 0 aliphatic carbocycles. The molecular formula is C19H18N6OS3. The highest BCUT2D eigenvalue weighted by atomic mass is 32.2. The second-order valence-corrected chi connectivity index (χ2v) is 9.48. The van der Waals surface area contributed by atoms with E-state index in [2.05, 4.69) is 50.1 Å². The summed E-state index contributed by atoms with van der Waals surface area (Å²) in [5.74, 6) is 0.863. The van der Waals surface area contributed by atoms with Crippen LogP contribution in [0.5, 0.6) is 0 Å². The molecule has 10 heteroatoms. The number of rotatable bonds is 6. The van der Waals surface area contributed by atoms with Crippen LogP contribution in [0.25, 0.3) is 22.5 Å². The molecule has 148 valence electrons. The smallest absolute Gasteiger partial charge is 0.236 e. The summed E-state index contributed by atoms with van der Waals surface area (Å²) in [6.45, 7) is 3.96. The second-order valence-electron chi connectivity index (χ2n) is 6.27. The van der Waals surface area contributed by atoms with Crippen molar-refractivity contribution in [3.8, 4) is 22.5 Å². The van der Waals surface area contributed by atoms with Crippen LogP contribution in [0.3, 0.4) is 0 Å². The van der Waals surface area contributed by atoms with Gasteiger partial charge < -0.3 is 4.57 Å². The van der Waals surface area contributed by atoms with Crippen LogP contribution < -0.4 is 5.32 Å². The SMILES string of the molecule is Cc1nnc(NC(=O)CSc2nnc(-c3csc(C)c3-c3ccccc3)n2C)s1. The molecule has 4 rings (SSSR count). The van der Waals surface area contributed by atoms with Crippen LogP contribution >= 0.6 is 34.4 Å². The third-order valence-electron chi connectivity index (χ3n) is 4.22. The Morgan fingerprint density at radius 3 is 2.66 bits per heavy atom. The molecule has 0 radical (unpaired) electrons. The number of hydrogen-bond donors (Lipinski definition) is 1. The Morgan fingerprint density at radius 2 is 1.93 bits per heavy atom. The van der Waals surface area contributed by atoms with E-state index in [-0.39, 0.29) is 11.7 Å². The van der Waals surface area contributed by atoms with Gasteiger partial charge in [-0.05, 0) is 19.4 Å². The molecule has 0 aliphatic heterocycles. The van der Waals surface area contributed by atoms with E-state index < -0.39 is 0 Å². The average molecular weight is 443 g/mol. The summed E-state index contributed by atoms with van der Waals surface area (Å²) in [5.41, 5.74) is 3.38. The van der Waals surface area contributed by atoms with Gasteiger partial charge in [-0.3, -0.25) is 10.1 Å². The van der Waals surface area contributed by atoms with Crippen molar-refractivity contribution >= 4 is 45.5 Å². The normalized spacial score (nSPS) is 11.0. The van der Waals surface area contributed by atoms with Crippen LogP contribution in [0.4, 0.5) is 5.13 Å². The minimum Gasteiger partial charge on any atom is -0.305 e. The van der Waals surface area contributed by atoms with Gasteiger partial charge >= 0.3 is 0 Å². The largest absolute Gasteiger partial charge is 0.305 e. The number of anilines is 1. The van der Waals surface area contributed by atoms with E-state index in [1.807, 2.05) is 36.7 Å². The number of nitrogens with zero attached hydrogens (tertiary/aromatic N) is 5. The van der Waals surface area contributed by atoms with Crippen LogP contribution in [0.1, 0.15) is 9.88 Å². The third-order valence-corrected chi connectivity index (χ3v) is 6.90. The molecule has 29 heavy (non-hydrogen) atoms. The summed E-state index contributed by atoms with van der Waals surface area (Å²) in [7, 11) is 1.92. The first-order chi connectivity index (χ1) is 14.0. The zero-order chi connectivity index (χ0) is 20.4. The van der Waals surface area contributed by atoms with Gasteiger partial charge in [0.2, 0.25) is 11.0 Å². The van der Waals surface area contributed by atoms with E-state index >= 15 is 0 Å². The fraction of sp³-hybridized carbons (Fsp3) is 0.211. The minimum absolute atomic E-state index is 0.146. The Hall–Kier alpha value is -2.56. The summed E-state index contributed by atoms with van der Waals surface area (Å²) in [5, 5.41) is 23.4. The monoisotopic (exact) mass is 442 g/mol. The lowest BCUT2D eigenvalue weighted by molar-refractivity contribution is -0.113. The van der Waals surface area contributed by atoms with Gasteiger partial charge in [0.05, 0.1) is 5.75 Å². The quantitative estimate of drug-likeness (QED) is 0.445. The molecule has 0 atom stereocenters. The van der Waals surface area contributed by atoms with Gasteiger partial charge in [0.15, 0.2) is 11.0 Å². The predicted octanol–water partition coefficient (Wildman–Crippen LogP) is 4.41. The lowest BCUT2D eigenvalue weighted by atomic mass is 10.0. The molecule has 0 bridgehead atoms. The molecule has 1 aromatic carbocycles. The Bertz CT molecular complexity index is 1150. The number of hydrogen-bond acceptors (Lipinski definition) is 8. The maximum Gasteiger partial charge on any atom is 0.236 e. The maximum atomic E-state index is 12.2. The van der Waals surface area contributed by atoms with E-state index in [1.165, 1.54) is 33.5 Å². The summed E-state index contributed by atoms with van der Waals surface area (Å²) in [6, 6.07) is 10.3. The highest BCUT2D eigenvalue weighted by Gasteiger charge is 2.19. The van der Waals surface area contributed by atoms with Gasteiger partial charge in [-0.15, -0.1) is 31.7 Å². The van der Waals surface area contributed by atoms with E-state index in [4.69, 9.17) is 0 Å². The number of nitrogens with one attached hydrogen (secondary N) is 1. The molecule has 0 fully saturated rings. The van der Waals surface area contributed by atoms with Gasteiger partial charge in [-0.2, -0.15) is 0 Å². The molecule has 0 aliphatic rings. The molecule has 1 amide bonds. The van der Waals surface area contributed by atoms with Gasteiger partial charge in [0, 0.05) is 28.4 Å². The number of aryl methyl sites for hydroxylation is 2. The van der Waals surface area contributed by atoms with Crippen molar-refractivity contribution in [2.75, 3.05) is 11.1 Å². The molecular weight excluding hydrogens is 424 g/mol. The van der Waals surface area contributed by atoms with E-state index in [0.717, 1.165) is 22.0 Å². The molecule has 1 N–H and O–H groups in total. The van der Waals surface area contributed by atoms with Crippen LogP contribution in [-0.4, -0.2) is 36.6 Å². The zero-order valence-corrected chi connectivity index (χ0v) is 18.5. The maximum absolute atomic E-state index is 12.2. The number of thiophene rings is 1. The Labute approximate surface area is 180 Å². The third kappa shape index (κ3) is 4.24. The van der Waals surface area contributed by atoms with Gasteiger partial charge in [-0.25, -0.2) is 0 Å². The Balaban J connectivity index is 1.52. The highest BCUT2D eigenvalue weighted by Crippen LogP contribution is 2.38. The van der Waals surface area contributed by atoms with Crippen LogP contribution in [0, 0.1) is 13.8 Å². The number of amides is 1. The minimum atomic E-state index is -0.146. The zero-order valence-electron chi connectivity index (χ0n) is 16.0. The molecule has 7 nitrogen and oxygen atoms in total.